The Morgan fingerprint density at radius 2 is 2.12 bits per heavy atom. The number of rotatable bonds is 4. The van der Waals surface area contributed by atoms with E-state index in [0.717, 1.165) is 5.56 Å². The predicted octanol–water partition coefficient (Wildman–Crippen LogP) is 4.02. The number of carbonyl (C=O) groups excluding carboxylic acids is 2. The molecule has 1 atom stereocenters. The second-order valence-corrected chi connectivity index (χ2v) is 8.11. The zero-order valence-electron chi connectivity index (χ0n) is 12.9. The van der Waals surface area contributed by atoms with E-state index in [-0.39, 0.29) is 11.8 Å². The average Bonchev–Trinajstić information content (AvgIpc) is 3.17. The standard InChI is InChI=1S/C16H12ClN3O2S3/c1-9(13(21)19-15-18-6-7-24-15)20-14(22)12(25-16(20)23)8-10-2-4-11(17)5-3-10/h2-9H,1H3,(H,18,19,21)/b12-8-. The number of thioether (sulfide) groups is 1. The first-order valence-electron chi connectivity index (χ1n) is 7.18. The van der Waals surface area contributed by atoms with Gasteiger partial charge in [-0.25, -0.2) is 4.98 Å². The lowest BCUT2D eigenvalue weighted by atomic mass is 10.2. The number of nitrogens with one attached hydrogen (secondary N) is 1. The lowest BCUT2D eigenvalue weighted by Crippen LogP contribution is -2.44. The van der Waals surface area contributed by atoms with Gasteiger partial charge in [0.15, 0.2) is 5.13 Å². The molecule has 1 saturated heterocycles. The van der Waals surface area contributed by atoms with Crippen molar-refractivity contribution in [2.45, 2.75) is 13.0 Å². The van der Waals surface area contributed by atoms with Crippen LogP contribution in [0.15, 0.2) is 40.7 Å². The van der Waals surface area contributed by atoms with Crippen molar-refractivity contribution in [3.05, 3.63) is 51.3 Å². The summed E-state index contributed by atoms with van der Waals surface area (Å²) in [5, 5.41) is 5.55. The van der Waals surface area contributed by atoms with E-state index in [4.69, 9.17) is 23.8 Å². The minimum atomic E-state index is -0.729. The van der Waals surface area contributed by atoms with Gasteiger partial charge >= 0.3 is 0 Å². The highest BCUT2D eigenvalue weighted by molar-refractivity contribution is 8.26. The van der Waals surface area contributed by atoms with Crippen LogP contribution in [0, 0.1) is 0 Å². The van der Waals surface area contributed by atoms with Crippen molar-refractivity contribution in [1.82, 2.24) is 9.88 Å². The molecule has 0 spiro atoms. The largest absolute Gasteiger partial charge is 0.300 e. The van der Waals surface area contributed by atoms with E-state index in [1.807, 2.05) is 12.1 Å². The maximum atomic E-state index is 12.7. The monoisotopic (exact) mass is 409 g/mol. The maximum absolute atomic E-state index is 12.7. The molecule has 1 aliphatic rings. The normalized spacial score (nSPS) is 17.2. The summed E-state index contributed by atoms with van der Waals surface area (Å²) in [7, 11) is 0. The number of aromatic nitrogens is 1. The molecule has 2 amide bonds. The summed E-state index contributed by atoms with van der Waals surface area (Å²) in [5.41, 5.74) is 0.838. The van der Waals surface area contributed by atoms with E-state index in [0.29, 0.717) is 19.4 Å². The number of hydrogen-bond acceptors (Lipinski definition) is 6. The van der Waals surface area contributed by atoms with Gasteiger partial charge in [-0.1, -0.05) is 47.7 Å². The Morgan fingerprint density at radius 1 is 1.40 bits per heavy atom. The van der Waals surface area contributed by atoms with Crippen LogP contribution in [0.3, 0.4) is 0 Å². The quantitative estimate of drug-likeness (QED) is 0.610. The number of thiazole rings is 1. The van der Waals surface area contributed by atoms with Crippen LogP contribution < -0.4 is 5.32 Å². The topological polar surface area (TPSA) is 62.3 Å². The number of thiocarbonyl (C=S) groups is 1. The summed E-state index contributed by atoms with van der Waals surface area (Å²) in [5.74, 6) is -0.620. The van der Waals surface area contributed by atoms with Gasteiger partial charge < -0.3 is 5.32 Å². The Kier molecular flexibility index (Phi) is 5.53. The van der Waals surface area contributed by atoms with E-state index in [1.165, 1.54) is 28.0 Å². The highest BCUT2D eigenvalue weighted by Gasteiger charge is 2.38. The molecular formula is C16H12ClN3O2S3. The molecule has 1 aromatic carbocycles. The summed E-state index contributed by atoms with van der Waals surface area (Å²) >= 11 is 13.6. The molecule has 0 bridgehead atoms. The van der Waals surface area contributed by atoms with Crippen LogP contribution in [0.1, 0.15) is 12.5 Å². The van der Waals surface area contributed by atoms with Gasteiger partial charge in [-0.2, -0.15) is 0 Å². The van der Waals surface area contributed by atoms with Crippen molar-refractivity contribution in [3.63, 3.8) is 0 Å². The summed E-state index contributed by atoms with van der Waals surface area (Å²) in [6.45, 7) is 1.64. The Morgan fingerprint density at radius 3 is 2.76 bits per heavy atom. The van der Waals surface area contributed by atoms with Crippen LogP contribution in [-0.4, -0.2) is 32.1 Å². The number of anilines is 1. The lowest BCUT2D eigenvalue weighted by Gasteiger charge is -2.21. The van der Waals surface area contributed by atoms with Crippen molar-refractivity contribution in [2.75, 3.05) is 5.32 Å². The molecule has 2 heterocycles. The lowest BCUT2D eigenvalue weighted by molar-refractivity contribution is -0.129. The first-order chi connectivity index (χ1) is 12.0. The van der Waals surface area contributed by atoms with Crippen LogP contribution >= 0.6 is 46.9 Å². The molecule has 0 saturated carbocycles. The molecule has 128 valence electrons. The zero-order valence-corrected chi connectivity index (χ0v) is 16.1. The zero-order chi connectivity index (χ0) is 18.0. The van der Waals surface area contributed by atoms with Crippen molar-refractivity contribution >= 4 is 74.3 Å². The van der Waals surface area contributed by atoms with E-state index < -0.39 is 6.04 Å². The highest BCUT2D eigenvalue weighted by atomic mass is 35.5. The van der Waals surface area contributed by atoms with Gasteiger partial charge in [0.05, 0.1) is 4.91 Å². The number of nitrogens with zero attached hydrogens (tertiary/aromatic N) is 2. The highest BCUT2D eigenvalue weighted by Crippen LogP contribution is 2.34. The van der Waals surface area contributed by atoms with Crippen LogP contribution in [-0.2, 0) is 9.59 Å². The third-order valence-corrected chi connectivity index (χ3v) is 5.69. The van der Waals surface area contributed by atoms with Gasteiger partial charge in [0.25, 0.3) is 5.91 Å². The van der Waals surface area contributed by atoms with Gasteiger partial charge in [0.1, 0.15) is 10.4 Å². The molecule has 3 rings (SSSR count). The molecule has 5 nitrogen and oxygen atoms in total. The molecule has 1 unspecified atom stereocenters. The van der Waals surface area contributed by atoms with Gasteiger partial charge in [-0.05, 0) is 30.7 Å². The molecule has 0 aliphatic carbocycles. The third-order valence-electron chi connectivity index (χ3n) is 3.42. The van der Waals surface area contributed by atoms with Gasteiger partial charge in [0.2, 0.25) is 5.91 Å². The van der Waals surface area contributed by atoms with Crippen molar-refractivity contribution in [2.24, 2.45) is 0 Å². The summed E-state index contributed by atoms with van der Waals surface area (Å²) in [6.07, 6.45) is 3.33. The number of amides is 2. The number of benzene rings is 1. The van der Waals surface area contributed by atoms with Crippen LogP contribution in [0.2, 0.25) is 5.02 Å². The van der Waals surface area contributed by atoms with E-state index in [1.54, 1.807) is 36.7 Å². The molecule has 1 fully saturated rings. The second-order valence-electron chi connectivity index (χ2n) is 5.11. The first-order valence-corrected chi connectivity index (χ1v) is 9.67. The minimum Gasteiger partial charge on any atom is -0.300 e. The molecular weight excluding hydrogens is 398 g/mol. The number of hydrogen-bond donors (Lipinski definition) is 1. The average molecular weight is 410 g/mol. The van der Waals surface area contributed by atoms with Crippen molar-refractivity contribution in [1.29, 1.82) is 0 Å². The Labute approximate surface area is 163 Å². The van der Waals surface area contributed by atoms with E-state index in [9.17, 15) is 9.59 Å². The Bertz CT molecular complexity index is 850. The molecule has 2 aromatic rings. The van der Waals surface area contributed by atoms with Crippen LogP contribution in [0.5, 0.6) is 0 Å². The fourth-order valence-corrected chi connectivity index (χ4v) is 4.21. The molecule has 0 radical (unpaired) electrons. The van der Waals surface area contributed by atoms with Gasteiger partial charge in [-0.3, -0.25) is 14.5 Å². The molecule has 1 aromatic heterocycles. The van der Waals surface area contributed by atoms with Crippen LogP contribution in [0.4, 0.5) is 5.13 Å². The fraction of sp³-hybridized carbons (Fsp3) is 0.125. The predicted molar refractivity (Wildman–Crippen MR) is 107 cm³/mol. The van der Waals surface area contributed by atoms with Gasteiger partial charge in [0, 0.05) is 16.6 Å². The molecule has 25 heavy (non-hydrogen) atoms. The SMILES string of the molecule is CC(C(=O)Nc1nccs1)N1C(=O)/C(=C/c2ccc(Cl)cc2)SC1=S. The summed E-state index contributed by atoms with van der Waals surface area (Å²) in [6, 6.07) is 6.39. The molecule has 1 aliphatic heterocycles. The Balaban J connectivity index is 1.76. The van der Waals surface area contributed by atoms with Crippen molar-refractivity contribution in [3.8, 4) is 0 Å². The summed E-state index contributed by atoms with van der Waals surface area (Å²) in [4.78, 5) is 30.8. The van der Waals surface area contributed by atoms with Crippen molar-refractivity contribution < 1.29 is 9.59 Å². The van der Waals surface area contributed by atoms with Gasteiger partial charge in [-0.15, -0.1) is 11.3 Å². The summed E-state index contributed by atoms with van der Waals surface area (Å²) < 4.78 is 0.354. The number of carbonyl (C=O) groups is 2. The van der Waals surface area contributed by atoms with E-state index in [2.05, 4.69) is 10.3 Å². The van der Waals surface area contributed by atoms with Crippen LogP contribution in [0.25, 0.3) is 6.08 Å². The minimum absolute atomic E-state index is 0.285. The second kappa shape index (κ2) is 7.65. The Hall–Kier alpha value is -1.74. The van der Waals surface area contributed by atoms with E-state index >= 15 is 0 Å². The molecule has 9 heteroatoms. The molecule has 1 N–H and O–H groups in total. The third kappa shape index (κ3) is 4.09. The fourth-order valence-electron chi connectivity index (χ4n) is 2.14. The maximum Gasteiger partial charge on any atom is 0.266 e. The smallest absolute Gasteiger partial charge is 0.266 e. The first kappa shape index (κ1) is 18.1. The number of halogens is 1.